The zero-order valence-electron chi connectivity index (χ0n) is 18.1. The van der Waals surface area contributed by atoms with Gasteiger partial charge in [0.2, 0.25) is 0 Å². The summed E-state index contributed by atoms with van der Waals surface area (Å²) < 4.78 is 10.8. The standard InChI is InChI=1S/C24H31N3O4/c1-2-30-16-8-13-25-24(29)21-17-19(11-12-22(21)27-14-6-7-15-27)26-23(28)18-31-20-9-4-3-5-10-20/h3-5,9-12,17H,2,6-8,13-16,18H2,1H3,(H,25,29)(H,26,28). The minimum atomic E-state index is -0.277. The van der Waals surface area contributed by atoms with Crippen LogP contribution in [0.4, 0.5) is 11.4 Å². The first kappa shape index (κ1) is 22.6. The molecule has 0 aromatic heterocycles. The maximum Gasteiger partial charge on any atom is 0.262 e. The van der Waals surface area contributed by atoms with Crippen LogP contribution < -0.4 is 20.3 Å². The Bertz CT molecular complexity index is 851. The molecule has 7 heteroatoms. The Morgan fingerprint density at radius 3 is 2.58 bits per heavy atom. The fraction of sp³-hybridized carbons (Fsp3) is 0.417. The van der Waals surface area contributed by atoms with E-state index in [-0.39, 0.29) is 18.4 Å². The normalized spacial score (nSPS) is 13.1. The van der Waals surface area contributed by atoms with E-state index >= 15 is 0 Å². The molecule has 2 N–H and O–H groups in total. The van der Waals surface area contributed by atoms with Crippen LogP contribution in [0.1, 0.15) is 36.5 Å². The molecule has 0 spiro atoms. The van der Waals surface area contributed by atoms with Crippen LogP contribution in [-0.2, 0) is 9.53 Å². The van der Waals surface area contributed by atoms with E-state index in [1.54, 1.807) is 18.2 Å². The Morgan fingerprint density at radius 1 is 1.06 bits per heavy atom. The summed E-state index contributed by atoms with van der Waals surface area (Å²) in [4.78, 5) is 27.4. The van der Waals surface area contributed by atoms with Gasteiger partial charge in [0.15, 0.2) is 6.61 Å². The Labute approximate surface area is 183 Å². The average molecular weight is 426 g/mol. The van der Waals surface area contributed by atoms with Crippen molar-refractivity contribution < 1.29 is 19.1 Å². The smallest absolute Gasteiger partial charge is 0.262 e. The predicted octanol–water partition coefficient (Wildman–Crippen LogP) is 3.46. The molecule has 7 nitrogen and oxygen atoms in total. The minimum absolute atomic E-state index is 0.100. The van der Waals surface area contributed by atoms with Gasteiger partial charge in [-0.1, -0.05) is 18.2 Å². The molecule has 0 atom stereocenters. The lowest BCUT2D eigenvalue weighted by Crippen LogP contribution is -2.29. The second-order valence-electron chi connectivity index (χ2n) is 7.38. The topological polar surface area (TPSA) is 79.9 Å². The zero-order chi connectivity index (χ0) is 21.9. The van der Waals surface area contributed by atoms with Crippen molar-refractivity contribution in [3.05, 3.63) is 54.1 Å². The van der Waals surface area contributed by atoms with Gasteiger partial charge in [0.25, 0.3) is 11.8 Å². The Balaban J connectivity index is 1.64. The van der Waals surface area contributed by atoms with E-state index in [4.69, 9.17) is 9.47 Å². The van der Waals surface area contributed by atoms with Gasteiger partial charge in [0, 0.05) is 44.2 Å². The molecule has 1 aliphatic heterocycles. The lowest BCUT2D eigenvalue weighted by Gasteiger charge is -2.22. The van der Waals surface area contributed by atoms with Crippen molar-refractivity contribution in [3.8, 4) is 5.75 Å². The quantitative estimate of drug-likeness (QED) is 0.539. The molecule has 2 aromatic rings. The summed E-state index contributed by atoms with van der Waals surface area (Å²) in [5.41, 5.74) is 2.04. The number of rotatable bonds is 11. The molecule has 3 rings (SSSR count). The molecule has 2 aromatic carbocycles. The lowest BCUT2D eigenvalue weighted by molar-refractivity contribution is -0.118. The summed E-state index contributed by atoms with van der Waals surface area (Å²) in [6.45, 7) is 5.54. The number of para-hydroxylation sites is 1. The molecule has 1 aliphatic rings. The van der Waals surface area contributed by atoms with E-state index < -0.39 is 0 Å². The number of benzene rings is 2. The summed E-state index contributed by atoms with van der Waals surface area (Å²) >= 11 is 0. The van der Waals surface area contributed by atoms with Crippen molar-refractivity contribution in [2.75, 3.05) is 49.7 Å². The van der Waals surface area contributed by atoms with E-state index in [0.717, 1.165) is 38.0 Å². The summed E-state index contributed by atoms with van der Waals surface area (Å²) in [6, 6.07) is 14.7. The van der Waals surface area contributed by atoms with Crippen LogP contribution in [0, 0.1) is 0 Å². The summed E-state index contributed by atoms with van der Waals surface area (Å²) in [7, 11) is 0. The number of carbonyl (C=O) groups is 2. The molecule has 166 valence electrons. The van der Waals surface area contributed by atoms with Crippen molar-refractivity contribution in [2.24, 2.45) is 0 Å². The van der Waals surface area contributed by atoms with Crippen molar-refractivity contribution in [2.45, 2.75) is 26.2 Å². The molecule has 1 saturated heterocycles. The van der Waals surface area contributed by atoms with Crippen molar-refractivity contribution in [1.29, 1.82) is 0 Å². The van der Waals surface area contributed by atoms with Crippen LogP contribution in [0.3, 0.4) is 0 Å². The molecule has 0 aliphatic carbocycles. The number of carbonyl (C=O) groups excluding carboxylic acids is 2. The van der Waals surface area contributed by atoms with E-state index in [1.807, 2.05) is 37.3 Å². The van der Waals surface area contributed by atoms with Crippen LogP contribution >= 0.6 is 0 Å². The van der Waals surface area contributed by atoms with Gasteiger partial charge in [-0.2, -0.15) is 0 Å². The van der Waals surface area contributed by atoms with Gasteiger partial charge in [0.05, 0.1) is 5.56 Å². The maximum atomic E-state index is 12.9. The van der Waals surface area contributed by atoms with Gasteiger partial charge < -0.3 is 25.0 Å². The first-order valence-corrected chi connectivity index (χ1v) is 10.9. The van der Waals surface area contributed by atoms with Gasteiger partial charge in [-0.05, 0) is 56.5 Å². The number of nitrogens with zero attached hydrogens (tertiary/aromatic N) is 1. The van der Waals surface area contributed by atoms with E-state index in [9.17, 15) is 9.59 Å². The molecule has 0 radical (unpaired) electrons. The lowest BCUT2D eigenvalue weighted by atomic mass is 10.1. The summed E-state index contributed by atoms with van der Waals surface area (Å²) in [5, 5.41) is 5.79. The zero-order valence-corrected chi connectivity index (χ0v) is 18.1. The van der Waals surface area contributed by atoms with Crippen LogP contribution in [-0.4, -0.2) is 51.3 Å². The predicted molar refractivity (Wildman–Crippen MR) is 122 cm³/mol. The first-order chi connectivity index (χ1) is 15.2. The van der Waals surface area contributed by atoms with Crippen LogP contribution in [0.25, 0.3) is 0 Å². The van der Waals surface area contributed by atoms with Crippen molar-refractivity contribution in [3.63, 3.8) is 0 Å². The van der Waals surface area contributed by atoms with Gasteiger partial charge >= 0.3 is 0 Å². The van der Waals surface area contributed by atoms with E-state index in [0.29, 0.717) is 36.8 Å². The molecule has 31 heavy (non-hydrogen) atoms. The number of anilines is 2. The third-order valence-electron chi connectivity index (χ3n) is 5.04. The highest BCUT2D eigenvalue weighted by Gasteiger charge is 2.20. The van der Waals surface area contributed by atoms with Crippen molar-refractivity contribution in [1.82, 2.24) is 5.32 Å². The number of hydrogen-bond acceptors (Lipinski definition) is 5. The molecule has 0 unspecified atom stereocenters. The van der Waals surface area contributed by atoms with Gasteiger partial charge in [-0.3, -0.25) is 9.59 Å². The third-order valence-corrected chi connectivity index (χ3v) is 5.04. The fourth-order valence-corrected chi connectivity index (χ4v) is 3.51. The highest BCUT2D eigenvalue weighted by Crippen LogP contribution is 2.27. The van der Waals surface area contributed by atoms with Crippen molar-refractivity contribution >= 4 is 23.2 Å². The minimum Gasteiger partial charge on any atom is -0.484 e. The Kier molecular flexibility index (Phi) is 8.72. The molecular weight excluding hydrogens is 394 g/mol. The number of hydrogen-bond donors (Lipinski definition) is 2. The molecule has 0 saturated carbocycles. The second-order valence-corrected chi connectivity index (χ2v) is 7.38. The Morgan fingerprint density at radius 2 is 1.84 bits per heavy atom. The first-order valence-electron chi connectivity index (χ1n) is 10.9. The molecular formula is C24H31N3O4. The molecule has 2 amide bonds. The SMILES string of the molecule is CCOCCCNC(=O)c1cc(NC(=O)COc2ccccc2)ccc1N1CCCC1. The number of amides is 2. The molecule has 1 fully saturated rings. The van der Waals surface area contributed by atoms with Crippen LogP contribution in [0.2, 0.25) is 0 Å². The van der Waals surface area contributed by atoms with Crippen LogP contribution in [0.5, 0.6) is 5.75 Å². The van der Waals surface area contributed by atoms with E-state index in [2.05, 4.69) is 15.5 Å². The van der Waals surface area contributed by atoms with Gasteiger partial charge in [-0.15, -0.1) is 0 Å². The van der Waals surface area contributed by atoms with Crippen LogP contribution in [0.15, 0.2) is 48.5 Å². The summed E-state index contributed by atoms with van der Waals surface area (Å²) in [6.07, 6.45) is 2.99. The average Bonchev–Trinajstić information content (AvgIpc) is 3.33. The monoisotopic (exact) mass is 425 g/mol. The highest BCUT2D eigenvalue weighted by molar-refractivity contribution is 6.02. The number of nitrogens with one attached hydrogen (secondary N) is 2. The largest absolute Gasteiger partial charge is 0.484 e. The fourth-order valence-electron chi connectivity index (χ4n) is 3.51. The Hall–Kier alpha value is -3.06. The highest BCUT2D eigenvalue weighted by atomic mass is 16.5. The third kappa shape index (κ3) is 7.00. The maximum absolute atomic E-state index is 12.9. The number of ether oxygens (including phenoxy) is 2. The van der Waals surface area contributed by atoms with Gasteiger partial charge in [-0.25, -0.2) is 0 Å². The van der Waals surface area contributed by atoms with Gasteiger partial charge in [0.1, 0.15) is 5.75 Å². The molecule has 0 bridgehead atoms. The van der Waals surface area contributed by atoms with E-state index in [1.165, 1.54) is 0 Å². The molecule has 1 heterocycles. The second kappa shape index (κ2) is 12.0. The summed E-state index contributed by atoms with van der Waals surface area (Å²) in [5.74, 6) is 0.213.